The summed E-state index contributed by atoms with van der Waals surface area (Å²) in [6.45, 7) is 9.87. The van der Waals surface area contributed by atoms with Crippen molar-refractivity contribution in [3.8, 4) is 0 Å². The molecule has 12 heteroatoms. The second-order valence-electron chi connectivity index (χ2n) is 13.8. The van der Waals surface area contributed by atoms with E-state index >= 15 is 0 Å². The third-order valence-electron chi connectivity index (χ3n) is 11.4. The van der Waals surface area contributed by atoms with Crippen molar-refractivity contribution in [3.05, 3.63) is 65.6 Å². The molecule has 1 aromatic carbocycles. The molecular weight excluding hydrogens is 610 g/mol. The number of fused-ring (bicyclic) bond motifs is 3. The monoisotopic (exact) mass is 643 g/mol. The van der Waals surface area contributed by atoms with Crippen LogP contribution >= 0.6 is 11.6 Å². The van der Waals surface area contributed by atoms with E-state index in [2.05, 4.69) is 19.0 Å². The summed E-state index contributed by atoms with van der Waals surface area (Å²) in [5.74, 6) is -1.48. The molecule has 0 bridgehead atoms. The SMILES string of the molecule is CC1(C)OC(=O)C=C[C@]2(C)[C@H]3CC[C@@]4(C)[C@H](c5ccoc5)OC(=O)[C@H]5O[C@]54[C@]3(C)/C(=N/OS(=O)(=O)c3ccc(Cl)cc3)C[C@@H]12. The first-order valence-electron chi connectivity index (χ1n) is 14.7. The van der Waals surface area contributed by atoms with Gasteiger partial charge in [0.05, 0.1) is 18.2 Å². The molecular formula is C32H34ClNO9S. The van der Waals surface area contributed by atoms with E-state index in [1.807, 2.05) is 26.8 Å². The van der Waals surface area contributed by atoms with E-state index in [0.29, 0.717) is 29.1 Å². The van der Waals surface area contributed by atoms with E-state index in [0.717, 1.165) is 0 Å². The van der Waals surface area contributed by atoms with Gasteiger partial charge in [-0.1, -0.05) is 43.6 Å². The molecule has 1 aromatic heterocycles. The minimum absolute atomic E-state index is 0.103. The summed E-state index contributed by atoms with van der Waals surface area (Å²) < 4.78 is 56.0. The predicted octanol–water partition coefficient (Wildman–Crippen LogP) is 5.77. The van der Waals surface area contributed by atoms with Gasteiger partial charge in [0.2, 0.25) is 0 Å². The van der Waals surface area contributed by atoms with Gasteiger partial charge in [-0.05, 0) is 74.8 Å². The first kappa shape index (κ1) is 29.6. The maximum Gasteiger partial charge on any atom is 0.358 e. The Hall–Kier alpha value is -3.15. The van der Waals surface area contributed by atoms with Crippen LogP contribution in [-0.2, 0) is 38.2 Å². The van der Waals surface area contributed by atoms with Crippen LogP contribution in [0.2, 0.25) is 5.02 Å². The second-order valence-corrected chi connectivity index (χ2v) is 15.8. The van der Waals surface area contributed by atoms with Crippen LogP contribution in [0, 0.1) is 28.1 Å². The molecule has 2 aromatic rings. The van der Waals surface area contributed by atoms with E-state index in [4.69, 9.17) is 34.5 Å². The second kappa shape index (κ2) is 9.20. The number of furan rings is 1. The lowest BCUT2D eigenvalue weighted by atomic mass is 9.37. The zero-order valence-electron chi connectivity index (χ0n) is 25.0. The van der Waals surface area contributed by atoms with Crippen LogP contribution in [0.25, 0.3) is 0 Å². The van der Waals surface area contributed by atoms with Crippen molar-refractivity contribution in [1.82, 2.24) is 0 Å². The maximum absolute atomic E-state index is 13.5. The van der Waals surface area contributed by atoms with Crippen LogP contribution in [0.3, 0.4) is 0 Å². The number of esters is 2. The minimum Gasteiger partial charge on any atom is -0.472 e. The van der Waals surface area contributed by atoms with Gasteiger partial charge in [-0.3, -0.25) is 4.28 Å². The summed E-state index contributed by atoms with van der Waals surface area (Å²) >= 11 is 5.98. The van der Waals surface area contributed by atoms with Gasteiger partial charge in [-0.15, -0.1) is 0 Å². The Morgan fingerprint density at radius 2 is 1.73 bits per heavy atom. The zero-order valence-corrected chi connectivity index (χ0v) is 26.6. The highest BCUT2D eigenvalue weighted by Crippen LogP contribution is 2.78. The number of hydrogen-bond donors (Lipinski definition) is 0. The molecule has 44 heavy (non-hydrogen) atoms. The van der Waals surface area contributed by atoms with Crippen molar-refractivity contribution in [3.63, 3.8) is 0 Å². The predicted molar refractivity (Wildman–Crippen MR) is 157 cm³/mol. The number of allylic oxidation sites excluding steroid dienone is 1. The van der Waals surface area contributed by atoms with Crippen LogP contribution in [0.4, 0.5) is 0 Å². The Balaban J connectivity index is 1.42. The minimum atomic E-state index is -4.33. The number of cyclic esters (lactones) is 2. The van der Waals surface area contributed by atoms with Gasteiger partial charge in [0.15, 0.2) is 6.10 Å². The standard InChI is InChI=1S/C32H34ClNO9S/c1-28(2)22-16-23(34-43-44(37,38)20-8-6-19(33)7-9-20)31(5)21(29(22,3)13-11-24(35)41-28)10-14-30(4)25(18-12-15-39-17-18)40-27(36)26-32(30,31)42-26/h6-9,11-13,15,17,21-22,25-26H,10,14,16H2,1-5H3/b34-23+/t21-,22+,25+,26-,29-,30+,31+,32-/m1/s1. The molecule has 2 saturated carbocycles. The number of ether oxygens (including phenoxy) is 3. The summed E-state index contributed by atoms with van der Waals surface area (Å²) in [4.78, 5) is 26.2. The third-order valence-corrected chi connectivity index (χ3v) is 12.8. The lowest BCUT2D eigenvalue weighted by Crippen LogP contribution is -2.71. The van der Waals surface area contributed by atoms with Gasteiger partial charge >= 0.3 is 22.1 Å². The molecule has 5 aliphatic rings. The number of rotatable bonds is 4. The quantitative estimate of drug-likeness (QED) is 0.231. The van der Waals surface area contributed by atoms with Gasteiger partial charge < -0.3 is 18.6 Å². The molecule has 0 amide bonds. The van der Waals surface area contributed by atoms with Gasteiger partial charge in [0, 0.05) is 33.4 Å². The molecule has 7 rings (SSSR count). The highest BCUT2D eigenvalue weighted by atomic mass is 35.5. The molecule has 2 saturated heterocycles. The van der Waals surface area contributed by atoms with Crippen LogP contribution in [0.1, 0.15) is 65.5 Å². The number of carbonyl (C=O) groups excluding carboxylic acids is 2. The molecule has 3 aliphatic heterocycles. The molecule has 1 spiro atoms. The third kappa shape index (κ3) is 3.75. The molecule has 234 valence electrons. The fraction of sp³-hybridized carbons (Fsp3) is 0.531. The summed E-state index contributed by atoms with van der Waals surface area (Å²) in [6, 6.07) is 7.40. The van der Waals surface area contributed by atoms with Gasteiger partial charge in [-0.25, -0.2) is 9.59 Å². The van der Waals surface area contributed by atoms with E-state index in [1.165, 1.54) is 36.6 Å². The Labute approximate surface area is 260 Å². The molecule has 10 nitrogen and oxygen atoms in total. The summed E-state index contributed by atoms with van der Waals surface area (Å²) in [5.41, 5.74) is -3.25. The Kier molecular flexibility index (Phi) is 6.18. The average Bonchev–Trinajstić information content (AvgIpc) is 3.55. The molecule has 0 unspecified atom stereocenters. The summed E-state index contributed by atoms with van der Waals surface area (Å²) in [5, 5.41) is 4.81. The van der Waals surface area contributed by atoms with Gasteiger partial charge in [0.1, 0.15) is 22.2 Å². The van der Waals surface area contributed by atoms with Crippen LogP contribution < -0.4 is 0 Å². The van der Waals surface area contributed by atoms with Crippen LogP contribution in [0.5, 0.6) is 0 Å². The first-order valence-corrected chi connectivity index (χ1v) is 16.5. The Morgan fingerprint density at radius 3 is 2.41 bits per heavy atom. The first-order chi connectivity index (χ1) is 20.6. The molecule has 8 atom stereocenters. The number of carbonyl (C=O) groups is 2. The number of nitrogens with zero attached hydrogens (tertiary/aromatic N) is 1. The van der Waals surface area contributed by atoms with E-state index in [9.17, 15) is 18.0 Å². The van der Waals surface area contributed by atoms with E-state index in [-0.39, 0.29) is 23.2 Å². The van der Waals surface area contributed by atoms with Crippen LogP contribution in [-0.4, -0.2) is 43.4 Å². The Morgan fingerprint density at radius 1 is 1.00 bits per heavy atom. The van der Waals surface area contributed by atoms with Crippen molar-refractivity contribution < 1.29 is 40.9 Å². The Bertz CT molecular complexity index is 1720. The molecule has 4 fully saturated rings. The number of halogens is 1. The summed E-state index contributed by atoms with van der Waals surface area (Å²) in [6.07, 6.45) is 6.44. The van der Waals surface area contributed by atoms with E-state index in [1.54, 1.807) is 12.3 Å². The average molecular weight is 644 g/mol. The van der Waals surface area contributed by atoms with Crippen molar-refractivity contribution in [1.29, 1.82) is 0 Å². The van der Waals surface area contributed by atoms with E-state index < -0.39 is 61.7 Å². The normalized spacial score (nSPS) is 41.3. The van der Waals surface area contributed by atoms with Gasteiger partial charge in [-0.2, -0.15) is 8.42 Å². The molecule has 4 heterocycles. The largest absolute Gasteiger partial charge is 0.472 e. The molecule has 0 radical (unpaired) electrons. The van der Waals surface area contributed by atoms with Crippen molar-refractivity contribution in [2.24, 2.45) is 33.2 Å². The lowest BCUT2D eigenvalue weighted by Gasteiger charge is -2.65. The topological polar surface area (TPSA) is 134 Å². The van der Waals surface area contributed by atoms with Gasteiger partial charge in [0.25, 0.3) is 0 Å². The molecule has 0 N–H and O–H groups in total. The zero-order chi connectivity index (χ0) is 31.5. The van der Waals surface area contributed by atoms with Crippen molar-refractivity contribution in [2.75, 3.05) is 0 Å². The number of oxime groups is 1. The maximum atomic E-state index is 13.5. The van der Waals surface area contributed by atoms with Crippen molar-refractivity contribution in [2.45, 2.75) is 82.2 Å². The smallest absolute Gasteiger partial charge is 0.358 e. The summed E-state index contributed by atoms with van der Waals surface area (Å²) in [7, 11) is -4.33. The van der Waals surface area contributed by atoms with Crippen LogP contribution in [0.15, 0.2) is 69.5 Å². The number of hydrogen-bond acceptors (Lipinski definition) is 10. The fourth-order valence-electron chi connectivity index (χ4n) is 9.39. The van der Waals surface area contributed by atoms with Crippen molar-refractivity contribution >= 4 is 39.4 Å². The number of benzene rings is 1. The fourth-order valence-corrected chi connectivity index (χ4v) is 10.3. The lowest BCUT2D eigenvalue weighted by molar-refractivity contribution is -0.195. The molecule has 2 aliphatic carbocycles. The number of epoxide rings is 1. The highest BCUT2D eigenvalue weighted by Gasteiger charge is 2.87. The highest BCUT2D eigenvalue weighted by molar-refractivity contribution is 7.86.